The fourth-order valence-corrected chi connectivity index (χ4v) is 1.73. The van der Waals surface area contributed by atoms with E-state index in [1.165, 1.54) is 13.2 Å². The molecular weight excluding hydrogens is 269 g/mol. The first-order valence-electron chi connectivity index (χ1n) is 5.14. The van der Waals surface area contributed by atoms with Crippen LogP contribution in [0.3, 0.4) is 0 Å². The fraction of sp³-hybridized carbons (Fsp3) is 0.417. The van der Waals surface area contributed by atoms with Crippen LogP contribution in [0.4, 0.5) is 13.2 Å². The van der Waals surface area contributed by atoms with Crippen molar-refractivity contribution in [2.75, 3.05) is 7.11 Å². The minimum atomic E-state index is -4.41. The summed E-state index contributed by atoms with van der Waals surface area (Å²) in [5, 5.41) is -0.989. The van der Waals surface area contributed by atoms with E-state index in [9.17, 15) is 18.0 Å². The van der Waals surface area contributed by atoms with Gasteiger partial charge in [0.25, 0.3) is 0 Å². The summed E-state index contributed by atoms with van der Waals surface area (Å²) in [6.07, 6.45) is -4.40. The molecule has 0 saturated carbocycles. The number of rotatable bonds is 3. The summed E-state index contributed by atoms with van der Waals surface area (Å²) >= 11 is 5.75. The molecule has 1 aromatic rings. The zero-order valence-corrected chi connectivity index (χ0v) is 10.6. The maximum absolute atomic E-state index is 12.5. The summed E-state index contributed by atoms with van der Waals surface area (Å²) in [4.78, 5) is 11.1. The zero-order valence-electron chi connectivity index (χ0n) is 9.84. The fourth-order valence-electron chi connectivity index (χ4n) is 1.47. The van der Waals surface area contributed by atoms with Crippen LogP contribution in [0, 0.1) is 6.92 Å². The number of hydrogen-bond acceptors (Lipinski definition) is 2. The summed E-state index contributed by atoms with van der Waals surface area (Å²) < 4.78 is 42.0. The lowest BCUT2D eigenvalue weighted by Crippen LogP contribution is -2.19. The highest BCUT2D eigenvalue weighted by molar-refractivity contribution is 6.30. The molecule has 18 heavy (non-hydrogen) atoms. The van der Waals surface area contributed by atoms with Crippen molar-refractivity contribution in [3.05, 3.63) is 34.9 Å². The van der Waals surface area contributed by atoms with E-state index >= 15 is 0 Å². The predicted molar refractivity (Wildman–Crippen MR) is 61.5 cm³/mol. The Kier molecular flexibility index (Phi) is 4.62. The maximum atomic E-state index is 12.5. The third-order valence-corrected chi connectivity index (χ3v) is 2.87. The molecule has 0 radical (unpaired) electrons. The molecule has 0 aliphatic heterocycles. The van der Waals surface area contributed by atoms with Gasteiger partial charge in [0.1, 0.15) is 5.38 Å². The van der Waals surface area contributed by atoms with Gasteiger partial charge in [0.2, 0.25) is 0 Å². The van der Waals surface area contributed by atoms with Crippen molar-refractivity contribution < 1.29 is 22.7 Å². The molecule has 0 amide bonds. The lowest BCUT2D eigenvalue weighted by atomic mass is 10.0. The van der Waals surface area contributed by atoms with Crippen LogP contribution in [0.2, 0.25) is 0 Å². The molecule has 0 heterocycles. The van der Waals surface area contributed by atoms with Gasteiger partial charge in [-0.3, -0.25) is 4.79 Å². The molecule has 0 aliphatic carbocycles. The standard InChI is InChI=1S/C12H12ClF3O2/c1-7-3-4-9(12(14,15)16)5-8(7)6-10(13)11(17)18-2/h3-5,10H,6H2,1-2H3. The van der Waals surface area contributed by atoms with Crippen LogP contribution in [0.1, 0.15) is 16.7 Å². The van der Waals surface area contributed by atoms with Gasteiger partial charge in [0, 0.05) is 0 Å². The number of alkyl halides is 4. The molecule has 0 spiro atoms. The van der Waals surface area contributed by atoms with E-state index < -0.39 is 23.1 Å². The Hall–Kier alpha value is -1.23. The topological polar surface area (TPSA) is 26.3 Å². The number of carbonyl (C=O) groups excluding carboxylic acids is 1. The SMILES string of the molecule is COC(=O)C(Cl)Cc1cc(C(F)(F)F)ccc1C. The number of halogens is 4. The van der Waals surface area contributed by atoms with Crippen LogP contribution in [-0.2, 0) is 22.1 Å². The number of benzene rings is 1. The summed E-state index contributed by atoms with van der Waals surface area (Å²) in [6.45, 7) is 1.66. The average molecular weight is 281 g/mol. The van der Waals surface area contributed by atoms with E-state index in [2.05, 4.69) is 4.74 Å². The molecule has 1 aromatic carbocycles. The first-order chi connectivity index (χ1) is 8.25. The molecule has 6 heteroatoms. The highest BCUT2D eigenvalue weighted by atomic mass is 35.5. The predicted octanol–water partition coefficient (Wildman–Crippen LogP) is 3.34. The van der Waals surface area contributed by atoms with Gasteiger partial charge < -0.3 is 4.74 Å². The summed E-state index contributed by atoms with van der Waals surface area (Å²) in [5.74, 6) is -0.659. The Balaban J connectivity index is 2.98. The molecule has 1 atom stereocenters. The minimum absolute atomic E-state index is 0.00395. The Morgan fingerprint density at radius 1 is 1.44 bits per heavy atom. The van der Waals surface area contributed by atoms with E-state index in [0.717, 1.165) is 12.1 Å². The van der Waals surface area contributed by atoms with Gasteiger partial charge >= 0.3 is 12.1 Å². The van der Waals surface area contributed by atoms with Crippen molar-refractivity contribution in [3.63, 3.8) is 0 Å². The number of carbonyl (C=O) groups is 1. The van der Waals surface area contributed by atoms with Crippen molar-refractivity contribution >= 4 is 17.6 Å². The molecule has 0 bridgehead atoms. The monoisotopic (exact) mass is 280 g/mol. The van der Waals surface area contributed by atoms with Crippen LogP contribution < -0.4 is 0 Å². The molecule has 1 rings (SSSR count). The lowest BCUT2D eigenvalue weighted by Gasteiger charge is -2.13. The Labute approximate surface area is 108 Å². The van der Waals surface area contributed by atoms with E-state index in [-0.39, 0.29) is 6.42 Å². The first kappa shape index (κ1) is 14.8. The maximum Gasteiger partial charge on any atom is 0.416 e. The van der Waals surface area contributed by atoms with Crippen LogP contribution in [0.5, 0.6) is 0 Å². The van der Waals surface area contributed by atoms with Crippen molar-refractivity contribution in [3.8, 4) is 0 Å². The quantitative estimate of drug-likeness (QED) is 0.627. The number of methoxy groups -OCH3 is 1. The van der Waals surface area contributed by atoms with Crippen molar-refractivity contribution in [2.45, 2.75) is 24.9 Å². The second-order valence-electron chi connectivity index (χ2n) is 3.83. The lowest BCUT2D eigenvalue weighted by molar-refractivity contribution is -0.140. The van der Waals surface area contributed by atoms with Crippen LogP contribution >= 0.6 is 11.6 Å². The van der Waals surface area contributed by atoms with Crippen molar-refractivity contribution in [1.82, 2.24) is 0 Å². The smallest absolute Gasteiger partial charge is 0.416 e. The average Bonchev–Trinajstić information content (AvgIpc) is 2.29. The van der Waals surface area contributed by atoms with Gasteiger partial charge in [-0.25, -0.2) is 0 Å². The summed E-state index contributed by atoms with van der Waals surface area (Å²) in [7, 11) is 1.18. The van der Waals surface area contributed by atoms with Gasteiger partial charge in [-0.15, -0.1) is 11.6 Å². The number of aryl methyl sites for hydroxylation is 1. The van der Waals surface area contributed by atoms with Crippen LogP contribution in [0.15, 0.2) is 18.2 Å². The number of ether oxygens (including phenoxy) is 1. The number of hydrogen-bond donors (Lipinski definition) is 0. The van der Waals surface area contributed by atoms with E-state index in [4.69, 9.17) is 11.6 Å². The summed E-state index contributed by atoms with van der Waals surface area (Å²) in [6, 6.07) is 3.37. The summed E-state index contributed by atoms with van der Waals surface area (Å²) in [5.41, 5.74) is 0.282. The molecule has 0 saturated heterocycles. The highest BCUT2D eigenvalue weighted by Crippen LogP contribution is 2.31. The van der Waals surface area contributed by atoms with E-state index in [0.29, 0.717) is 11.1 Å². The van der Waals surface area contributed by atoms with E-state index in [1.54, 1.807) is 6.92 Å². The largest absolute Gasteiger partial charge is 0.468 e. The first-order valence-corrected chi connectivity index (χ1v) is 5.58. The Morgan fingerprint density at radius 2 is 2.06 bits per heavy atom. The Bertz CT molecular complexity index is 443. The Morgan fingerprint density at radius 3 is 2.56 bits per heavy atom. The van der Waals surface area contributed by atoms with Crippen molar-refractivity contribution in [2.24, 2.45) is 0 Å². The third kappa shape index (κ3) is 3.63. The second kappa shape index (κ2) is 5.61. The molecule has 0 aliphatic rings. The van der Waals surface area contributed by atoms with Crippen LogP contribution in [0.25, 0.3) is 0 Å². The highest BCUT2D eigenvalue weighted by Gasteiger charge is 2.31. The molecule has 2 nitrogen and oxygen atoms in total. The number of esters is 1. The van der Waals surface area contributed by atoms with E-state index in [1.807, 2.05) is 0 Å². The molecule has 0 fully saturated rings. The molecule has 1 unspecified atom stereocenters. The molecule has 0 aromatic heterocycles. The normalized spacial score (nSPS) is 13.2. The van der Waals surface area contributed by atoms with Gasteiger partial charge in [0.15, 0.2) is 0 Å². The van der Waals surface area contributed by atoms with Gasteiger partial charge in [-0.1, -0.05) is 6.07 Å². The third-order valence-electron chi connectivity index (χ3n) is 2.53. The van der Waals surface area contributed by atoms with Crippen molar-refractivity contribution in [1.29, 1.82) is 0 Å². The molecular formula is C12H12ClF3O2. The van der Waals surface area contributed by atoms with Gasteiger partial charge in [-0.2, -0.15) is 13.2 Å². The minimum Gasteiger partial charge on any atom is -0.468 e. The zero-order chi connectivity index (χ0) is 13.9. The molecule has 100 valence electrons. The molecule has 0 N–H and O–H groups in total. The van der Waals surface area contributed by atoms with Gasteiger partial charge in [-0.05, 0) is 36.6 Å². The van der Waals surface area contributed by atoms with Crippen LogP contribution in [-0.4, -0.2) is 18.5 Å². The van der Waals surface area contributed by atoms with Gasteiger partial charge in [0.05, 0.1) is 12.7 Å². The second-order valence-corrected chi connectivity index (χ2v) is 4.36.